The summed E-state index contributed by atoms with van der Waals surface area (Å²) in [6.45, 7) is 11.6. The first kappa shape index (κ1) is 22.4. The third-order valence-electron chi connectivity index (χ3n) is 3.47. The number of amides is 2. The molecular weight excluding hydrogens is 326 g/mol. The highest BCUT2D eigenvalue weighted by Crippen LogP contribution is 2.13. The number of nitrogens with one attached hydrogen (secondary N) is 3. The minimum atomic E-state index is -0.400. The first-order chi connectivity index (χ1) is 10.7. The molecule has 0 aliphatic carbocycles. The summed E-state index contributed by atoms with van der Waals surface area (Å²) >= 11 is 0. The van der Waals surface area contributed by atoms with Crippen LogP contribution in [0, 0.1) is 5.41 Å². The van der Waals surface area contributed by atoms with Crippen LogP contribution in [0.25, 0.3) is 0 Å². The van der Waals surface area contributed by atoms with E-state index < -0.39 is 5.41 Å². The van der Waals surface area contributed by atoms with E-state index in [1.807, 2.05) is 46.8 Å². The summed E-state index contributed by atoms with van der Waals surface area (Å²) in [6.07, 6.45) is 0. The highest BCUT2D eigenvalue weighted by molar-refractivity contribution is 5.94. The van der Waals surface area contributed by atoms with Gasteiger partial charge in [-0.15, -0.1) is 12.4 Å². The van der Waals surface area contributed by atoms with Crippen LogP contribution >= 0.6 is 12.4 Å². The second kappa shape index (κ2) is 10.3. The van der Waals surface area contributed by atoms with Crippen molar-refractivity contribution in [3.05, 3.63) is 35.4 Å². The number of carbonyl (C=O) groups excluding carboxylic acids is 2. The lowest BCUT2D eigenvalue weighted by Crippen LogP contribution is -2.38. The molecule has 0 fully saturated rings. The molecular formula is C18H30ClN3O2. The van der Waals surface area contributed by atoms with Gasteiger partial charge >= 0.3 is 0 Å². The molecule has 1 atom stereocenters. The van der Waals surface area contributed by atoms with E-state index in [0.29, 0.717) is 18.7 Å². The van der Waals surface area contributed by atoms with E-state index in [-0.39, 0.29) is 30.3 Å². The second-order valence-corrected chi connectivity index (χ2v) is 6.80. The fraction of sp³-hybridized carbons (Fsp3) is 0.556. The van der Waals surface area contributed by atoms with Crippen molar-refractivity contribution in [2.24, 2.45) is 5.41 Å². The molecule has 3 N–H and O–H groups in total. The van der Waals surface area contributed by atoms with Gasteiger partial charge in [0.15, 0.2) is 0 Å². The van der Waals surface area contributed by atoms with Gasteiger partial charge in [-0.2, -0.15) is 0 Å². The molecule has 0 aliphatic heterocycles. The Kier molecular flexibility index (Phi) is 9.63. The lowest BCUT2D eigenvalue weighted by molar-refractivity contribution is -0.128. The van der Waals surface area contributed by atoms with Gasteiger partial charge in [-0.25, -0.2) is 0 Å². The van der Waals surface area contributed by atoms with Crippen molar-refractivity contribution in [2.45, 2.75) is 47.2 Å². The Balaban J connectivity index is 0.00000529. The van der Waals surface area contributed by atoms with Crippen molar-refractivity contribution >= 4 is 24.2 Å². The van der Waals surface area contributed by atoms with E-state index in [1.54, 1.807) is 12.1 Å². The molecule has 0 saturated heterocycles. The van der Waals surface area contributed by atoms with E-state index in [1.165, 1.54) is 0 Å². The molecule has 0 bridgehead atoms. The van der Waals surface area contributed by atoms with Gasteiger partial charge in [0.05, 0.1) is 0 Å². The summed E-state index contributed by atoms with van der Waals surface area (Å²) < 4.78 is 0. The maximum Gasteiger partial charge on any atom is 0.251 e. The van der Waals surface area contributed by atoms with E-state index >= 15 is 0 Å². The molecule has 1 aromatic rings. The third kappa shape index (κ3) is 7.79. The smallest absolute Gasteiger partial charge is 0.251 e. The number of benzene rings is 1. The van der Waals surface area contributed by atoms with E-state index in [2.05, 4.69) is 16.0 Å². The molecule has 0 aliphatic rings. The van der Waals surface area contributed by atoms with Crippen molar-refractivity contribution in [2.75, 3.05) is 13.1 Å². The minimum absolute atomic E-state index is 0. The van der Waals surface area contributed by atoms with E-state index in [0.717, 1.165) is 12.1 Å². The zero-order chi connectivity index (χ0) is 17.5. The normalized spacial score (nSPS) is 12.0. The van der Waals surface area contributed by atoms with Gasteiger partial charge in [0.25, 0.3) is 5.91 Å². The van der Waals surface area contributed by atoms with Crippen molar-refractivity contribution < 1.29 is 9.59 Å². The second-order valence-electron chi connectivity index (χ2n) is 6.80. The van der Waals surface area contributed by atoms with Crippen molar-refractivity contribution in [3.63, 3.8) is 0 Å². The molecule has 136 valence electrons. The highest BCUT2D eigenvalue weighted by atomic mass is 35.5. The molecule has 6 heteroatoms. The van der Waals surface area contributed by atoms with Gasteiger partial charge in [-0.3, -0.25) is 9.59 Å². The van der Waals surface area contributed by atoms with Gasteiger partial charge in [-0.1, -0.05) is 39.8 Å². The Morgan fingerprint density at radius 1 is 1.08 bits per heavy atom. The minimum Gasteiger partial charge on any atom is -0.352 e. The largest absolute Gasteiger partial charge is 0.352 e. The number of likely N-dealkylation sites (N-methyl/N-ethyl adjacent to an activating group) is 1. The van der Waals surface area contributed by atoms with Gasteiger partial charge in [-0.05, 0) is 31.2 Å². The fourth-order valence-corrected chi connectivity index (χ4v) is 1.99. The van der Waals surface area contributed by atoms with Crippen molar-refractivity contribution in [1.82, 2.24) is 16.0 Å². The van der Waals surface area contributed by atoms with E-state index in [4.69, 9.17) is 0 Å². The maximum absolute atomic E-state index is 12.1. The third-order valence-corrected chi connectivity index (χ3v) is 3.47. The Labute approximate surface area is 151 Å². The number of halogens is 1. The topological polar surface area (TPSA) is 70.2 Å². The summed E-state index contributed by atoms with van der Waals surface area (Å²) in [6, 6.07) is 7.55. The molecule has 1 rings (SSSR count). The van der Waals surface area contributed by atoms with Crippen LogP contribution in [-0.2, 0) is 11.3 Å². The van der Waals surface area contributed by atoms with Crippen LogP contribution in [0.1, 0.15) is 50.5 Å². The summed E-state index contributed by atoms with van der Waals surface area (Å²) in [5.74, 6) is -0.0724. The maximum atomic E-state index is 12.1. The molecule has 0 spiro atoms. The molecule has 5 nitrogen and oxygen atoms in total. The Bertz CT molecular complexity index is 524. The summed E-state index contributed by atoms with van der Waals surface area (Å²) in [5.41, 5.74) is 1.20. The SMILES string of the molecule is CCN[C@H](C)CNC(=O)c1ccc(CNC(=O)C(C)(C)C)cc1.Cl. The number of carbonyl (C=O) groups is 2. The fourth-order valence-electron chi connectivity index (χ4n) is 1.99. The number of rotatable bonds is 7. The quantitative estimate of drug-likeness (QED) is 0.703. The Hall–Kier alpha value is -1.59. The van der Waals surface area contributed by atoms with Crippen LogP contribution in [0.5, 0.6) is 0 Å². The van der Waals surface area contributed by atoms with Crippen molar-refractivity contribution in [3.8, 4) is 0 Å². The van der Waals surface area contributed by atoms with Crippen LogP contribution in [0.4, 0.5) is 0 Å². The summed E-state index contributed by atoms with van der Waals surface area (Å²) in [7, 11) is 0. The van der Waals surface area contributed by atoms with Gasteiger partial charge in [0.2, 0.25) is 5.91 Å². The Morgan fingerprint density at radius 2 is 1.67 bits per heavy atom. The number of hydrogen-bond donors (Lipinski definition) is 3. The Morgan fingerprint density at radius 3 is 2.17 bits per heavy atom. The average molecular weight is 356 g/mol. The van der Waals surface area contributed by atoms with Gasteiger partial charge < -0.3 is 16.0 Å². The van der Waals surface area contributed by atoms with E-state index in [9.17, 15) is 9.59 Å². The zero-order valence-corrected chi connectivity index (χ0v) is 16.0. The molecule has 0 radical (unpaired) electrons. The molecule has 0 aromatic heterocycles. The highest BCUT2D eigenvalue weighted by Gasteiger charge is 2.20. The predicted octanol–water partition coefficient (Wildman–Crippen LogP) is 2.50. The molecule has 1 aromatic carbocycles. The monoisotopic (exact) mass is 355 g/mol. The van der Waals surface area contributed by atoms with Crippen molar-refractivity contribution in [1.29, 1.82) is 0 Å². The van der Waals surface area contributed by atoms with Crippen LogP contribution in [0.15, 0.2) is 24.3 Å². The zero-order valence-electron chi connectivity index (χ0n) is 15.2. The lowest BCUT2D eigenvalue weighted by Gasteiger charge is -2.17. The molecule has 0 unspecified atom stereocenters. The number of hydrogen-bond acceptors (Lipinski definition) is 3. The molecule has 0 heterocycles. The first-order valence-corrected chi connectivity index (χ1v) is 8.13. The van der Waals surface area contributed by atoms with Crippen LogP contribution in [-0.4, -0.2) is 30.9 Å². The van der Waals surface area contributed by atoms with Gasteiger partial charge in [0.1, 0.15) is 0 Å². The van der Waals surface area contributed by atoms with Crippen LogP contribution in [0.2, 0.25) is 0 Å². The first-order valence-electron chi connectivity index (χ1n) is 8.13. The van der Waals surface area contributed by atoms with Gasteiger partial charge in [0, 0.05) is 30.1 Å². The molecule has 2 amide bonds. The summed E-state index contributed by atoms with van der Waals surface area (Å²) in [4.78, 5) is 23.9. The average Bonchev–Trinajstić information content (AvgIpc) is 2.50. The summed E-state index contributed by atoms with van der Waals surface area (Å²) in [5, 5.41) is 9.04. The predicted molar refractivity (Wildman–Crippen MR) is 100 cm³/mol. The molecule has 24 heavy (non-hydrogen) atoms. The van der Waals surface area contributed by atoms with Crippen LogP contribution in [0.3, 0.4) is 0 Å². The standard InChI is InChI=1S/C18H29N3O2.ClH/c1-6-19-13(2)11-20-16(22)15-9-7-14(8-10-15)12-21-17(23)18(3,4)5;/h7-10,13,19H,6,11-12H2,1-5H3,(H,20,22)(H,21,23);1H/t13-;/m1./s1. The lowest BCUT2D eigenvalue weighted by atomic mass is 9.95. The molecule has 0 saturated carbocycles. The van der Waals surface area contributed by atoms with Crippen LogP contribution < -0.4 is 16.0 Å².